The molecule has 0 spiro atoms. The highest BCUT2D eigenvalue weighted by Crippen LogP contribution is 2.35. The summed E-state index contributed by atoms with van der Waals surface area (Å²) in [6.45, 7) is -1.91. The highest BCUT2D eigenvalue weighted by atomic mass is 19.4. The molecule has 1 heterocycles. The van der Waals surface area contributed by atoms with Crippen LogP contribution in [0.15, 0.2) is 22.7 Å². The number of nitrogens with zero attached hydrogens (tertiary/aromatic N) is 4. The van der Waals surface area contributed by atoms with Crippen molar-refractivity contribution in [1.29, 1.82) is 5.26 Å². The zero-order valence-electron chi connectivity index (χ0n) is 13.6. The number of benzene rings is 1. The number of anilines is 1. The van der Waals surface area contributed by atoms with Crippen molar-refractivity contribution in [3.05, 3.63) is 41.0 Å². The van der Waals surface area contributed by atoms with Crippen molar-refractivity contribution in [3.63, 3.8) is 0 Å². The van der Waals surface area contributed by atoms with Gasteiger partial charge in [0.2, 0.25) is 5.89 Å². The van der Waals surface area contributed by atoms with E-state index in [4.69, 9.17) is 15.5 Å². The lowest BCUT2D eigenvalue weighted by Crippen LogP contribution is -2.34. The maximum atomic E-state index is 13.1. The fraction of sp³-hybridized carbons (Fsp3) is 0.400. The van der Waals surface area contributed by atoms with Crippen LogP contribution in [0.4, 0.5) is 32.0 Å². The standard InChI is InChI=1S/C15H13F6N5O/c16-14(17,18)8-26(7-12-24-13(3-4-22)27-25-12)10-2-1-9(6-23)11(5-10)15(19,20)21/h1-2,5H,3-4,7-8,22H2. The number of hydrogen-bond donors (Lipinski definition) is 1. The first-order valence-corrected chi connectivity index (χ1v) is 7.48. The van der Waals surface area contributed by atoms with Gasteiger partial charge in [-0.15, -0.1) is 0 Å². The molecule has 0 fully saturated rings. The summed E-state index contributed by atoms with van der Waals surface area (Å²) in [6.07, 6.45) is -9.39. The first-order valence-electron chi connectivity index (χ1n) is 7.48. The van der Waals surface area contributed by atoms with Crippen molar-refractivity contribution in [2.45, 2.75) is 25.3 Å². The van der Waals surface area contributed by atoms with Crippen molar-refractivity contribution in [1.82, 2.24) is 10.1 Å². The molecule has 0 bridgehead atoms. The van der Waals surface area contributed by atoms with Crippen LogP contribution in [-0.2, 0) is 19.1 Å². The summed E-state index contributed by atoms with van der Waals surface area (Å²) in [6, 6.07) is 3.68. The van der Waals surface area contributed by atoms with Crippen LogP contribution in [0.2, 0.25) is 0 Å². The van der Waals surface area contributed by atoms with Crippen LogP contribution in [0, 0.1) is 11.3 Å². The van der Waals surface area contributed by atoms with E-state index in [1.54, 1.807) is 0 Å². The Morgan fingerprint density at radius 2 is 1.89 bits per heavy atom. The first kappa shape index (κ1) is 20.5. The third-order valence-electron chi connectivity index (χ3n) is 3.36. The summed E-state index contributed by atoms with van der Waals surface area (Å²) in [4.78, 5) is 4.48. The smallest absolute Gasteiger partial charge is 0.355 e. The Kier molecular flexibility index (Phi) is 5.94. The first-order chi connectivity index (χ1) is 12.5. The summed E-state index contributed by atoms with van der Waals surface area (Å²) >= 11 is 0. The molecule has 0 aliphatic rings. The molecule has 2 N–H and O–H groups in total. The van der Waals surface area contributed by atoms with Crippen molar-refractivity contribution < 1.29 is 30.9 Å². The quantitative estimate of drug-likeness (QED) is 0.759. The number of halogens is 6. The molecule has 0 radical (unpaired) electrons. The Bertz CT molecular complexity index is 823. The molecule has 0 saturated carbocycles. The predicted octanol–water partition coefficient (Wildman–Crippen LogP) is 3.03. The van der Waals surface area contributed by atoms with E-state index >= 15 is 0 Å². The lowest BCUT2D eigenvalue weighted by atomic mass is 10.1. The molecule has 1 aromatic carbocycles. The third kappa shape index (κ3) is 5.58. The number of rotatable bonds is 6. The fourth-order valence-corrected chi connectivity index (χ4v) is 2.27. The van der Waals surface area contributed by atoms with Gasteiger partial charge in [0.25, 0.3) is 0 Å². The molecule has 0 aliphatic heterocycles. The number of alkyl halides is 6. The van der Waals surface area contributed by atoms with Gasteiger partial charge in [-0.1, -0.05) is 5.16 Å². The summed E-state index contributed by atoms with van der Waals surface area (Å²) < 4.78 is 82.8. The van der Waals surface area contributed by atoms with Gasteiger partial charge in [0, 0.05) is 18.7 Å². The van der Waals surface area contributed by atoms with E-state index in [0.717, 1.165) is 12.1 Å². The van der Waals surface area contributed by atoms with Crippen LogP contribution < -0.4 is 10.6 Å². The molecular formula is C15H13F6N5O. The summed E-state index contributed by atoms with van der Waals surface area (Å²) in [5.41, 5.74) is 2.91. The molecule has 2 aromatic rings. The minimum absolute atomic E-state index is 0.107. The molecule has 6 nitrogen and oxygen atoms in total. The second-order valence-electron chi connectivity index (χ2n) is 5.45. The fourth-order valence-electron chi connectivity index (χ4n) is 2.27. The van der Waals surface area contributed by atoms with E-state index in [0.29, 0.717) is 11.0 Å². The minimum Gasteiger partial charge on any atom is -0.355 e. The predicted molar refractivity (Wildman–Crippen MR) is 80.3 cm³/mol. The van der Waals surface area contributed by atoms with Crippen LogP contribution in [0.1, 0.15) is 22.8 Å². The summed E-state index contributed by atoms with van der Waals surface area (Å²) in [5.74, 6) is -0.0316. The second kappa shape index (κ2) is 7.83. The lowest BCUT2D eigenvalue weighted by Gasteiger charge is -2.25. The molecule has 12 heteroatoms. The molecule has 0 aliphatic carbocycles. The monoisotopic (exact) mass is 393 g/mol. The minimum atomic E-state index is -4.90. The van der Waals surface area contributed by atoms with E-state index in [9.17, 15) is 26.3 Å². The van der Waals surface area contributed by atoms with E-state index in [1.165, 1.54) is 6.07 Å². The van der Waals surface area contributed by atoms with E-state index < -0.39 is 36.6 Å². The SMILES string of the molecule is N#Cc1ccc(N(Cc2noc(CCN)n2)CC(F)(F)F)cc1C(F)(F)F. The number of aromatic nitrogens is 2. The van der Waals surface area contributed by atoms with Crippen molar-refractivity contribution >= 4 is 5.69 Å². The van der Waals surface area contributed by atoms with Gasteiger partial charge in [0.1, 0.15) is 6.54 Å². The Labute approximate surface area is 149 Å². The molecule has 0 atom stereocenters. The van der Waals surface area contributed by atoms with Crippen LogP contribution in [0.5, 0.6) is 0 Å². The van der Waals surface area contributed by atoms with Crippen molar-refractivity contribution in [3.8, 4) is 6.07 Å². The Balaban J connectivity index is 2.40. The molecule has 0 amide bonds. The molecule has 2 rings (SSSR count). The van der Waals surface area contributed by atoms with Gasteiger partial charge in [-0.25, -0.2) is 0 Å². The van der Waals surface area contributed by atoms with Crippen molar-refractivity contribution in [2.24, 2.45) is 5.73 Å². The van der Waals surface area contributed by atoms with E-state index in [1.807, 2.05) is 0 Å². The van der Waals surface area contributed by atoms with Crippen LogP contribution in [0.25, 0.3) is 0 Å². The number of hydrogen-bond acceptors (Lipinski definition) is 6. The average Bonchev–Trinajstić information content (AvgIpc) is 2.99. The highest BCUT2D eigenvalue weighted by molar-refractivity contribution is 5.55. The van der Waals surface area contributed by atoms with Gasteiger partial charge in [0.05, 0.1) is 23.7 Å². The second-order valence-corrected chi connectivity index (χ2v) is 5.45. The lowest BCUT2D eigenvalue weighted by molar-refractivity contribution is -0.137. The molecule has 146 valence electrons. The maximum Gasteiger partial charge on any atom is 0.417 e. The topological polar surface area (TPSA) is 92.0 Å². The van der Waals surface area contributed by atoms with E-state index in [-0.39, 0.29) is 30.4 Å². The van der Waals surface area contributed by atoms with Crippen LogP contribution in [-0.4, -0.2) is 29.4 Å². The largest absolute Gasteiger partial charge is 0.417 e. The summed E-state index contributed by atoms with van der Waals surface area (Å²) in [5, 5.41) is 12.3. The van der Waals surface area contributed by atoms with Gasteiger partial charge in [-0.05, 0) is 18.2 Å². The zero-order valence-corrected chi connectivity index (χ0v) is 13.6. The summed E-state index contributed by atoms with van der Waals surface area (Å²) in [7, 11) is 0. The normalized spacial score (nSPS) is 12.1. The van der Waals surface area contributed by atoms with Crippen molar-refractivity contribution in [2.75, 3.05) is 18.0 Å². The molecule has 1 aromatic heterocycles. The van der Waals surface area contributed by atoms with Gasteiger partial charge < -0.3 is 15.2 Å². The van der Waals surface area contributed by atoms with Gasteiger partial charge in [-0.2, -0.15) is 36.6 Å². The third-order valence-corrected chi connectivity index (χ3v) is 3.36. The van der Waals surface area contributed by atoms with Gasteiger partial charge in [-0.3, -0.25) is 0 Å². The molecule has 27 heavy (non-hydrogen) atoms. The Hall–Kier alpha value is -2.81. The zero-order chi connectivity index (χ0) is 20.2. The average molecular weight is 393 g/mol. The van der Waals surface area contributed by atoms with Crippen LogP contribution in [0.3, 0.4) is 0 Å². The van der Waals surface area contributed by atoms with E-state index in [2.05, 4.69) is 10.1 Å². The molecule has 0 unspecified atom stereocenters. The van der Waals surface area contributed by atoms with Gasteiger partial charge in [0.15, 0.2) is 5.82 Å². The number of nitriles is 1. The van der Waals surface area contributed by atoms with Gasteiger partial charge >= 0.3 is 12.4 Å². The molecule has 0 saturated heterocycles. The van der Waals surface area contributed by atoms with Crippen LogP contribution >= 0.6 is 0 Å². The highest BCUT2D eigenvalue weighted by Gasteiger charge is 2.36. The number of nitrogens with two attached hydrogens (primary N) is 1. The molecular weight excluding hydrogens is 380 g/mol. The maximum absolute atomic E-state index is 13.1. The Morgan fingerprint density at radius 1 is 1.19 bits per heavy atom. The Morgan fingerprint density at radius 3 is 2.44 bits per heavy atom.